The maximum Gasteiger partial charge on any atom is 0.345 e. The summed E-state index contributed by atoms with van der Waals surface area (Å²) in [6.45, 7) is 5.02. The van der Waals surface area contributed by atoms with Crippen LogP contribution in [0.15, 0.2) is 0 Å². The SMILES string of the molecule is CCC(=O)O[C@@H](C(=O)O)C(C)C. The van der Waals surface area contributed by atoms with Gasteiger partial charge in [0.1, 0.15) is 0 Å². The van der Waals surface area contributed by atoms with Gasteiger partial charge < -0.3 is 9.84 Å². The molecule has 0 fully saturated rings. The van der Waals surface area contributed by atoms with Crippen LogP contribution in [0.25, 0.3) is 0 Å². The lowest BCUT2D eigenvalue weighted by atomic mass is 10.1. The molecule has 0 radical (unpaired) electrons. The molecule has 0 aromatic rings. The van der Waals surface area contributed by atoms with Crippen molar-refractivity contribution in [1.29, 1.82) is 0 Å². The molecular formula is C8H14O4. The molecule has 0 aliphatic rings. The van der Waals surface area contributed by atoms with Crippen molar-refractivity contribution >= 4 is 11.9 Å². The summed E-state index contributed by atoms with van der Waals surface area (Å²) in [5, 5.41) is 8.61. The molecule has 0 aromatic carbocycles. The Kier molecular flexibility index (Phi) is 4.33. The molecule has 0 rings (SSSR count). The van der Waals surface area contributed by atoms with E-state index in [2.05, 4.69) is 4.74 Å². The summed E-state index contributed by atoms with van der Waals surface area (Å²) in [6.07, 6.45) is -0.811. The Morgan fingerprint density at radius 1 is 1.42 bits per heavy atom. The summed E-state index contributed by atoms with van der Waals surface area (Å²) < 4.78 is 4.68. The fourth-order valence-corrected chi connectivity index (χ4v) is 0.697. The molecule has 0 spiro atoms. The normalized spacial score (nSPS) is 12.7. The Labute approximate surface area is 71.5 Å². The van der Waals surface area contributed by atoms with Gasteiger partial charge in [0, 0.05) is 12.3 Å². The van der Waals surface area contributed by atoms with Crippen LogP contribution >= 0.6 is 0 Å². The molecule has 1 atom stereocenters. The monoisotopic (exact) mass is 174 g/mol. The van der Waals surface area contributed by atoms with Crippen molar-refractivity contribution < 1.29 is 19.4 Å². The zero-order valence-electron chi connectivity index (χ0n) is 7.53. The molecule has 0 heterocycles. The van der Waals surface area contributed by atoms with E-state index in [4.69, 9.17) is 5.11 Å². The topological polar surface area (TPSA) is 63.6 Å². The van der Waals surface area contributed by atoms with Crippen LogP contribution in [0.2, 0.25) is 0 Å². The van der Waals surface area contributed by atoms with Gasteiger partial charge in [-0.25, -0.2) is 4.79 Å². The van der Waals surface area contributed by atoms with Crippen LogP contribution in [-0.2, 0) is 14.3 Å². The number of carboxylic acids is 1. The average Bonchev–Trinajstić information content (AvgIpc) is 1.98. The second kappa shape index (κ2) is 4.74. The molecule has 0 unspecified atom stereocenters. The largest absolute Gasteiger partial charge is 0.478 e. The Bertz CT molecular complexity index is 174. The van der Waals surface area contributed by atoms with E-state index in [1.165, 1.54) is 0 Å². The van der Waals surface area contributed by atoms with Gasteiger partial charge in [0.05, 0.1) is 0 Å². The van der Waals surface area contributed by atoms with E-state index < -0.39 is 18.0 Å². The quantitative estimate of drug-likeness (QED) is 0.647. The van der Waals surface area contributed by atoms with Gasteiger partial charge in [-0.3, -0.25) is 4.79 Å². The highest BCUT2D eigenvalue weighted by atomic mass is 16.6. The maximum atomic E-state index is 10.7. The molecule has 70 valence electrons. The number of aliphatic carboxylic acids is 1. The predicted octanol–water partition coefficient (Wildman–Crippen LogP) is 1.05. The van der Waals surface area contributed by atoms with E-state index in [0.29, 0.717) is 0 Å². The van der Waals surface area contributed by atoms with Crippen LogP contribution in [0.3, 0.4) is 0 Å². The molecule has 0 amide bonds. The molecule has 0 aromatic heterocycles. The predicted molar refractivity (Wildman–Crippen MR) is 42.6 cm³/mol. The van der Waals surface area contributed by atoms with Crippen LogP contribution in [-0.4, -0.2) is 23.1 Å². The third-order valence-corrected chi connectivity index (χ3v) is 1.40. The van der Waals surface area contributed by atoms with Crippen LogP contribution in [0.1, 0.15) is 27.2 Å². The van der Waals surface area contributed by atoms with E-state index >= 15 is 0 Å². The Morgan fingerprint density at radius 3 is 2.17 bits per heavy atom. The first-order valence-electron chi connectivity index (χ1n) is 3.91. The minimum atomic E-state index is -1.09. The number of hydrogen-bond acceptors (Lipinski definition) is 3. The molecule has 0 bridgehead atoms. The van der Waals surface area contributed by atoms with Crippen LogP contribution in [0, 0.1) is 5.92 Å². The van der Waals surface area contributed by atoms with Crippen molar-refractivity contribution in [2.75, 3.05) is 0 Å². The summed E-state index contributed by atoms with van der Waals surface area (Å²) in [5.41, 5.74) is 0. The summed E-state index contributed by atoms with van der Waals surface area (Å²) in [5.74, 6) is -1.76. The highest BCUT2D eigenvalue weighted by molar-refractivity contribution is 5.78. The fraction of sp³-hybridized carbons (Fsp3) is 0.750. The summed E-state index contributed by atoms with van der Waals surface area (Å²) >= 11 is 0. The van der Waals surface area contributed by atoms with E-state index in [0.717, 1.165) is 0 Å². The molecule has 0 saturated carbocycles. The zero-order valence-corrected chi connectivity index (χ0v) is 7.53. The first-order chi connectivity index (χ1) is 5.49. The molecule has 0 saturated heterocycles. The van der Waals surface area contributed by atoms with Crippen LogP contribution in [0.5, 0.6) is 0 Å². The smallest absolute Gasteiger partial charge is 0.345 e. The van der Waals surface area contributed by atoms with Gasteiger partial charge >= 0.3 is 11.9 Å². The van der Waals surface area contributed by atoms with Crippen molar-refractivity contribution in [3.8, 4) is 0 Å². The number of carbonyl (C=O) groups excluding carboxylic acids is 1. The molecule has 0 aliphatic carbocycles. The second-order valence-corrected chi connectivity index (χ2v) is 2.85. The van der Waals surface area contributed by atoms with E-state index in [-0.39, 0.29) is 12.3 Å². The third kappa shape index (κ3) is 3.37. The van der Waals surface area contributed by atoms with E-state index in [1.54, 1.807) is 20.8 Å². The van der Waals surface area contributed by atoms with Crippen molar-refractivity contribution in [3.63, 3.8) is 0 Å². The number of carbonyl (C=O) groups is 2. The summed E-state index contributed by atoms with van der Waals surface area (Å²) in [4.78, 5) is 21.3. The van der Waals surface area contributed by atoms with Crippen LogP contribution < -0.4 is 0 Å². The number of carboxylic acid groups (broad SMARTS) is 1. The van der Waals surface area contributed by atoms with E-state index in [1.807, 2.05) is 0 Å². The molecule has 4 nitrogen and oxygen atoms in total. The highest BCUT2D eigenvalue weighted by Gasteiger charge is 2.24. The second-order valence-electron chi connectivity index (χ2n) is 2.85. The van der Waals surface area contributed by atoms with Crippen molar-refractivity contribution in [2.24, 2.45) is 5.92 Å². The first-order valence-corrected chi connectivity index (χ1v) is 3.91. The van der Waals surface area contributed by atoms with Gasteiger partial charge in [-0.05, 0) is 0 Å². The number of ether oxygens (including phenoxy) is 1. The van der Waals surface area contributed by atoms with Gasteiger partial charge in [-0.1, -0.05) is 20.8 Å². The van der Waals surface area contributed by atoms with Crippen LogP contribution in [0.4, 0.5) is 0 Å². The van der Waals surface area contributed by atoms with Crippen molar-refractivity contribution in [2.45, 2.75) is 33.3 Å². The molecular weight excluding hydrogens is 160 g/mol. The highest BCUT2D eigenvalue weighted by Crippen LogP contribution is 2.07. The number of esters is 1. The van der Waals surface area contributed by atoms with Crippen molar-refractivity contribution in [3.05, 3.63) is 0 Å². The summed E-state index contributed by atoms with van der Waals surface area (Å²) in [7, 11) is 0. The van der Waals surface area contributed by atoms with Crippen molar-refractivity contribution in [1.82, 2.24) is 0 Å². The Hall–Kier alpha value is -1.06. The fourth-order valence-electron chi connectivity index (χ4n) is 0.697. The minimum absolute atomic E-state index is 0.196. The molecule has 12 heavy (non-hydrogen) atoms. The third-order valence-electron chi connectivity index (χ3n) is 1.40. The Balaban J connectivity index is 4.14. The first kappa shape index (κ1) is 10.9. The van der Waals surface area contributed by atoms with Gasteiger partial charge in [0.25, 0.3) is 0 Å². The standard InChI is InChI=1S/C8H14O4/c1-4-6(9)12-7(5(2)3)8(10)11/h5,7H,4H2,1-3H3,(H,10,11)/t7-/m1/s1. The van der Waals surface area contributed by atoms with Gasteiger partial charge in [0.2, 0.25) is 6.10 Å². The van der Waals surface area contributed by atoms with E-state index in [9.17, 15) is 9.59 Å². The molecule has 0 aliphatic heterocycles. The lowest BCUT2D eigenvalue weighted by molar-refractivity contribution is -0.166. The number of rotatable bonds is 4. The molecule has 1 N–H and O–H groups in total. The van der Waals surface area contributed by atoms with Gasteiger partial charge in [-0.2, -0.15) is 0 Å². The molecule has 4 heteroatoms. The zero-order chi connectivity index (χ0) is 9.72. The lowest BCUT2D eigenvalue weighted by Gasteiger charge is -2.16. The summed E-state index contributed by atoms with van der Waals surface area (Å²) in [6, 6.07) is 0. The lowest BCUT2D eigenvalue weighted by Crippen LogP contribution is -2.31. The van der Waals surface area contributed by atoms with Gasteiger partial charge in [-0.15, -0.1) is 0 Å². The average molecular weight is 174 g/mol. The number of hydrogen-bond donors (Lipinski definition) is 1. The Morgan fingerprint density at radius 2 is 1.92 bits per heavy atom. The van der Waals surface area contributed by atoms with Gasteiger partial charge in [0.15, 0.2) is 0 Å². The maximum absolute atomic E-state index is 10.7. The minimum Gasteiger partial charge on any atom is -0.478 e.